The molecule has 0 aromatic heterocycles. The smallest absolute Gasteiger partial charge is 0.429 e. The van der Waals surface area contributed by atoms with Gasteiger partial charge < -0.3 is 14.6 Å². The summed E-state index contributed by atoms with van der Waals surface area (Å²) in [7, 11) is 0. The molecule has 0 aliphatic heterocycles. The minimum absolute atomic E-state index is 0.0853. The first-order chi connectivity index (χ1) is 10.7. The third-order valence-corrected chi connectivity index (χ3v) is 2.98. The number of hydrogen-bond donors (Lipinski definition) is 2. The number of aliphatic hydroxyl groups excluding tert-OH is 1. The first-order valence-corrected chi connectivity index (χ1v) is 8.32. The summed E-state index contributed by atoms with van der Waals surface area (Å²) in [6.07, 6.45) is 0.547. The first-order valence-electron chi connectivity index (χ1n) is 8.32. The van der Waals surface area contributed by atoms with Gasteiger partial charge in [0.2, 0.25) is 0 Å². The molecule has 0 unspecified atom stereocenters. The molecule has 0 aliphatic rings. The summed E-state index contributed by atoms with van der Waals surface area (Å²) in [4.78, 5) is 24.6. The number of carbonyl (C=O) groups is 2. The molecule has 0 aliphatic carbocycles. The number of aliphatic hydroxyl groups is 1. The molecule has 0 spiro atoms. The van der Waals surface area contributed by atoms with E-state index in [1.807, 2.05) is 13.8 Å². The molecular formula is C17H34N2O5. The standard InChI is InChI=1S/C17H34N2O5/c1-15(2,3)23-13(21)18-19(14(22)24-16(4,5)6)17(7,8)11-9-10-12-20/h20H,9-12H2,1-8H3,(H,18,21). The Labute approximate surface area is 145 Å². The van der Waals surface area contributed by atoms with Crippen molar-refractivity contribution < 1.29 is 24.2 Å². The molecule has 0 fully saturated rings. The van der Waals surface area contributed by atoms with Crippen molar-refractivity contribution in [2.24, 2.45) is 0 Å². The average molecular weight is 346 g/mol. The van der Waals surface area contributed by atoms with Crippen LogP contribution in [0, 0.1) is 0 Å². The van der Waals surface area contributed by atoms with Crippen molar-refractivity contribution in [3.8, 4) is 0 Å². The lowest BCUT2D eigenvalue weighted by molar-refractivity contribution is -0.0268. The van der Waals surface area contributed by atoms with Gasteiger partial charge >= 0.3 is 12.2 Å². The molecule has 0 heterocycles. The zero-order chi connectivity index (χ0) is 19.2. The second-order valence-electron chi connectivity index (χ2n) is 8.42. The Balaban J connectivity index is 5.20. The Morgan fingerprint density at radius 1 is 0.917 bits per heavy atom. The summed E-state index contributed by atoms with van der Waals surface area (Å²) in [6, 6.07) is 0. The monoisotopic (exact) mass is 346 g/mol. The number of carbonyl (C=O) groups excluding carboxylic acids is 2. The van der Waals surface area contributed by atoms with E-state index in [4.69, 9.17) is 14.6 Å². The van der Waals surface area contributed by atoms with Crippen LogP contribution in [0.2, 0.25) is 0 Å². The van der Waals surface area contributed by atoms with Crippen molar-refractivity contribution in [1.29, 1.82) is 0 Å². The average Bonchev–Trinajstić information content (AvgIpc) is 2.31. The Hall–Kier alpha value is -1.50. The van der Waals surface area contributed by atoms with Crippen LogP contribution in [0.25, 0.3) is 0 Å². The van der Waals surface area contributed by atoms with Crippen LogP contribution in [0.15, 0.2) is 0 Å². The van der Waals surface area contributed by atoms with Crippen LogP contribution in [0.1, 0.15) is 74.7 Å². The van der Waals surface area contributed by atoms with Gasteiger partial charge in [-0.25, -0.2) is 20.0 Å². The lowest BCUT2D eigenvalue weighted by Crippen LogP contribution is -2.59. The fourth-order valence-electron chi connectivity index (χ4n) is 1.93. The molecule has 24 heavy (non-hydrogen) atoms. The van der Waals surface area contributed by atoms with E-state index in [1.165, 1.54) is 5.01 Å². The van der Waals surface area contributed by atoms with E-state index < -0.39 is 28.9 Å². The zero-order valence-corrected chi connectivity index (χ0v) is 16.4. The third kappa shape index (κ3) is 9.60. The highest BCUT2D eigenvalue weighted by molar-refractivity contribution is 5.75. The van der Waals surface area contributed by atoms with Gasteiger partial charge in [0.15, 0.2) is 0 Å². The molecule has 0 rings (SSSR count). The minimum Gasteiger partial charge on any atom is -0.443 e. The number of hydrazine groups is 1. The van der Waals surface area contributed by atoms with Crippen LogP contribution in [-0.2, 0) is 9.47 Å². The van der Waals surface area contributed by atoms with E-state index in [0.717, 1.165) is 0 Å². The summed E-state index contributed by atoms with van der Waals surface area (Å²) in [5, 5.41) is 10.1. The number of unbranched alkanes of at least 4 members (excludes halogenated alkanes) is 1. The fourth-order valence-corrected chi connectivity index (χ4v) is 1.93. The van der Waals surface area contributed by atoms with Crippen molar-refractivity contribution >= 4 is 12.2 Å². The Bertz CT molecular complexity index is 422. The zero-order valence-electron chi connectivity index (χ0n) is 16.4. The Kier molecular flexibility index (Phi) is 8.02. The minimum atomic E-state index is -0.719. The van der Waals surface area contributed by atoms with Crippen LogP contribution < -0.4 is 5.43 Å². The predicted molar refractivity (Wildman–Crippen MR) is 92.5 cm³/mol. The van der Waals surface area contributed by atoms with E-state index in [-0.39, 0.29) is 6.61 Å². The van der Waals surface area contributed by atoms with Crippen molar-refractivity contribution in [3.05, 3.63) is 0 Å². The lowest BCUT2D eigenvalue weighted by Gasteiger charge is -2.39. The number of hydrogen-bond acceptors (Lipinski definition) is 5. The highest BCUT2D eigenvalue weighted by Crippen LogP contribution is 2.23. The molecule has 0 saturated heterocycles. The number of ether oxygens (including phenoxy) is 2. The molecular weight excluding hydrogens is 312 g/mol. The Morgan fingerprint density at radius 3 is 1.83 bits per heavy atom. The quantitative estimate of drug-likeness (QED) is 0.586. The molecule has 0 aromatic rings. The van der Waals surface area contributed by atoms with E-state index in [2.05, 4.69) is 5.43 Å². The molecule has 2 N–H and O–H groups in total. The van der Waals surface area contributed by atoms with Gasteiger partial charge in [0.25, 0.3) is 0 Å². The van der Waals surface area contributed by atoms with Crippen molar-refractivity contribution in [1.82, 2.24) is 10.4 Å². The number of nitrogens with zero attached hydrogens (tertiary/aromatic N) is 1. The van der Waals surface area contributed by atoms with Crippen molar-refractivity contribution in [2.75, 3.05) is 6.61 Å². The molecule has 2 amide bonds. The van der Waals surface area contributed by atoms with Gasteiger partial charge in [-0.2, -0.15) is 0 Å². The summed E-state index contributed by atoms with van der Waals surface area (Å²) in [6.45, 7) is 14.3. The fraction of sp³-hybridized carbons (Fsp3) is 0.882. The molecule has 7 heteroatoms. The SMILES string of the molecule is CC(C)(C)OC(=O)NN(C(=O)OC(C)(C)C)C(C)(C)CCCCO. The molecule has 7 nitrogen and oxygen atoms in total. The normalized spacial score (nSPS) is 12.5. The summed E-state index contributed by atoms with van der Waals surface area (Å²) < 4.78 is 10.6. The maximum atomic E-state index is 12.5. The maximum Gasteiger partial charge on any atom is 0.429 e. The van der Waals surface area contributed by atoms with Crippen LogP contribution in [0.5, 0.6) is 0 Å². The number of rotatable bonds is 5. The highest BCUT2D eigenvalue weighted by Gasteiger charge is 2.36. The molecule has 0 bridgehead atoms. The third-order valence-electron chi connectivity index (χ3n) is 2.98. The van der Waals surface area contributed by atoms with Gasteiger partial charge in [-0.1, -0.05) is 0 Å². The molecule has 0 radical (unpaired) electrons. The molecule has 142 valence electrons. The van der Waals surface area contributed by atoms with Crippen molar-refractivity contribution in [3.63, 3.8) is 0 Å². The first kappa shape index (κ1) is 22.5. The summed E-state index contributed by atoms with van der Waals surface area (Å²) in [5.74, 6) is 0. The maximum absolute atomic E-state index is 12.5. The van der Waals surface area contributed by atoms with Crippen LogP contribution >= 0.6 is 0 Å². The van der Waals surface area contributed by atoms with Crippen LogP contribution in [0.4, 0.5) is 9.59 Å². The van der Waals surface area contributed by atoms with Gasteiger partial charge in [0.1, 0.15) is 11.2 Å². The second-order valence-corrected chi connectivity index (χ2v) is 8.42. The lowest BCUT2D eigenvalue weighted by atomic mass is 9.97. The Morgan fingerprint density at radius 2 is 1.42 bits per heavy atom. The van der Waals surface area contributed by atoms with Gasteiger partial charge in [-0.05, 0) is 74.7 Å². The van der Waals surface area contributed by atoms with Gasteiger partial charge in [0.05, 0.1) is 5.54 Å². The predicted octanol–water partition coefficient (Wildman–Crippen LogP) is 3.60. The number of amides is 2. The van der Waals surface area contributed by atoms with Crippen LogP contribution in [0.3, 0.4) is 0 Å². The topological polar surface area (TPSA) is 88.1 Å². The summed E-state index contributed by atoms with van der Waals surface area (Å²) in [5.41, 5.74) is 0.434. The molecule has 0 saturated carbocycles. The van der Waals surface area contributed by atoms with E-state index in [1.54, 1.807) is 41.5 Å². The van der Waals surface area contributed by atoms with E-state index >= 15 is 0 Å². The largest absolute Gasteiger partial charge is 0.443 e. The molecule has 0 aromatic carbocycles. The van der Waals surface area contributed by atoms with Crippen LogP contribution in [-0.4, -0.2) is 45.6 Å². The molecule has 0 atom stereocenters. The van der Waals surface area contributed by atoms with Gasteiger partial charge in [-0.3, -0.25) is 0 Å². The van der Waals surface area contributed by atoms with E-state index in [0.29, 0.717) is 19.3 Å². The number of nitrogens with one attached hydrogen (secondary N) is 1. The second kappa shape index (κ2) is 8.55. The van der Waals surface area contributed by atoms with Gasteiger partial charge in [0, 0.05) is 6.61 Å². The van der Waals surface area contributed by atoms with E-state index in [9.17, 15) is 9.59 Å². The van der Waals surface area contributed by atoms with Gasteiger partial charge in [-0.15, -0.1) is 0 Å². The summed E-state index contributed by atoms with van der Waals surface area (Å²) >= 11 is 0. The van der Waals surface area contributed by atoms with Crippen molar-refractivity contribution in [2.45, 2.75) is 91.4 Å². The highest BCUT2D eigenvalue weighted by atomic mass is 16.6.